The molecule has 7 nitrogen and oxygen atoms in total. The molecule has 0 saturated carbocycles. The van der Waals surface area contributed by atoms with Crippen molar-refractivity contribution < 1.29 is 17.6 Å². The Balaban J connectivity index is 1.68. The van der Waals surface area contributed by atoms with Gasteiger partial charge in [-0.2, -0.15) is 18.3 Å². The van der Waals surface area contributed by atoms with Crippen molar-refractivity contribution in [3.8, 4) is 0 Å². The average Bonchev–Trinajstić information content (AvgIpc) is 2.80. The summed E-state index contributed by atoms with van der Waals surface area (Å²) in [6, 6.07) is 8.10. The van der Waals surface area contributed by atoms with E-state index in [-0.39, 0.29) is 23.0 Å². The van der Waals surface area contributed by atoms with Gasteiger partial charge in [0.15, 0.2) is 5.82 Å². The van der Waals surface area contributed by atoms with Crippen LogP contribution in [0.3, 0.4) is 0 Å². The summed E-state index contributed by atoms with van der Waals surface area (Å²) in [6.45, 7) is 7.15. The van der Waals surface area contributed by atoms with E-state index in [4.69, 9.17) is 0 Å². The summed E-state index contributed by atoms with van der Waals surface area (Å²) in [4.78, 5) is 16.3. The maximum atomic E-state index is 14.2. The van der Waals surface area contributed by atoms with Crippen molar-refractivity contribution in [3.05, 3.63) is 96.0 Å². The van der Waals surface area contributed by atoms with E-state index in [9.17, 15) is 17.6 Å². The minimum absolute atomic E-state index is 0.0121. The topological polar surface area (TPSA) is 87.5 Å². The molecule has 0 saturated heterocycles. The van der Waals surface area contributed by atoms with Crippen LogP contribution in [-0.2, 0) is 6.18 Å². The van der Waals surface area contributed by atoms with Gasteiger partial charge in [0.05, 0.1) is 41.3 Å². The van der Waals surface area contributed by atoms with E-state index >= 15 is 0 Å². The second-order valence-electron chi connectivity index (χ2n) is 7.17. The molecule has 0 radical (unpaired) electrons. The molecule has 0 amide bonds. The van der Waals surface area contributed by atoms with Crippen LogP contribution in [0.4, 0.5) is 34.9 Å². The summed E-state index contributed by atoms with van der Waals surface area (Å²) in [5.41, 5.74) is 3.84. The van der Waals surface area contributed by atoms with Gasteiger partial charge in [-0.25, -0.2) is 19.8 Å². The number of anilines is 3. The molecule has 0 unspecified atom stereocenters. The van der Waals surface area contributed by atoms with Crippen LogP contribution in [0.5, 0.6) is 0 Å². The highest BCUT2D eigenvalue weighted by Crippen LogP contribution is 2.31. The molecule has 180 valence electrons. The number of aromatic nitrogens is 3. The Bertz CT molecular complexity index is 1280. The minimum Gasteiger partial charge on any atom is -0.354 e. The molecule has 2 heterocycles. The van der Waals surface area contributed by atoms with Gasteiger partial charge < -0.3 is 5.32 Å². The first-order chi connectivity index (χ1) is 16.7. The van der Waals surface area contributed by atoms with Crippen molar-refractivity contribution >= 4 is 29.2 Å². The zero-order valence-corrected chi connectivity index (χ0v) is 18.8. The van der Waals surface area contributed by atoms with Crippen LogP contribution >= 0.6 is 0 Å². The van der Waals surface area contributed by atoms with Crippen molar-refractivity contribution in [1.29, 1.82) is 0 Å². The van der Waals surface area contributed by atoms with Crippen LogP contribution in [0.15, 0.2) is 83.3 Å². The molecular formula is C24H21F4N7. The number of pyridine rings is 1. The van der Waals surface area contributed by atoms with Crippen LogP contribution in [0, 0.1) is 5.82 Å². The number of alkyl halides is 3. The van der Waals surface area contributed by atoms with Crippen molar-refractivity contribution in [3.63, 3.8) is 0 Å². The highest BCUT2D eigenvalue weighted by Gasteiger charge is 2.30. The molecule has 0 aliphatic heterocycles. The molecule has 0 bridgehead atoms. The summed E-state index contributed by atoms with van der Waals surface area (Å²) >= 11 is 0. The quantitative estimate of drug-likeness (QED) is 0.229. The molecule has 1 aromatic carbocycles. The SMILES string of the molecule is C=C(C)N=C(/C=C\C)c1nc(N/N=C/c2ccc(Nc3cccc(C(F)(F)F)c3)cn2)ncc1F. The minimum atomic E-state index is -4.43. The van der Waals surface area contributed by atoms with Gasteiger partial charge >= 0.3 is 6.18 Å². The standard InChI is InChI=1S/C24H21F4N7/c1-4-6-21(32-15(2)3)22-20(25)14-30-23(34-22)35-31-13-18-9-10-19(12-29-18)33-17-8-5-7-16(11-17)24(26,27)28/h4-14,33H,2H2,1,3H3,(H,30,34,35)/b6-4-,31-13+,32-21?. The van der Waals surface area contributed by atoms with Gasteiger partial charge in [0.1, 0.15) is 5.69 Å². The molecule has 0 fully saturated rings. The molecule has 35 heavy (non-hydrogen) atoms. The van der Waals surface area contributed by atoms with E-state index < -0.39 is 17.6 Å². The Kier molecular flexibility index (Phi) is 8.03. The van der Waals surface area contributed by atoms with E-state index in [0.717, 1.165) is 18.3 Å². The van der Waals surface area contributed by atoms with E-state index in [1.165, 1.54) is 24.5 Å². The maximum Gasteiger partial charge on any atom is 0.416 e. The number of halogens is 4. The summed E-state index contributed by atoms with van der Waals surface area (Å²) in [6.07, 6.45) is 2.71. The third kappa shape index (κ3) is 7.29. The highest BCUT2D eigenvalue weighted by atomic mass is 19.4. The number of benzene rings is 1. The fourth-order valence-electron chi connectivity index (χ4n) is 2.78. The van der Waals surface area contributed by atoms with Gasteiger partial charge in [-0.1, -0.05) is 18.7 Å². The van der Waals surface area contributed by atoms with Crippen LogP contribution in [0.1, 0.15) is 30.8 Å². The van der Waals surface area contributed by atoms with E-state index in [1.54, 1.807) is 38.1 Å². The molecule has 3 rings (SSSR count). The third-order valence-electron chi connectivity index (χ3n) is 4.25. The lowest BCUT2D eigenvalue weighted by Crippen LogP contribution is -2.08. The fourth-order valence-corrected chi connectivity index (χ4v) is 2.78. The van der Waals surface area contributed by atoms with Gasteiger partial charge in [0, 0.05) is 11.4 Å². The number of hydrogen-bond donors (Lipinski definition) is 2. The largest absolute Gasteiger partial charge is 0.416 e. The van der Waals surface area contributed by atoms with Crippen LogP contribution in [0.25, 0.3) is 0 Å². The summed E-state index contributed by atoms with van der Waals surface area (Å²) in [7, 11) is 0. The van der Waals surface area contributed by atoms with E-state index in [1.807, 2.05) is 0 Å². The first-order valence-corrected chi connectivity index (χ1v) is 10.2. The first kappa shape index (κ1) is 25.2. The monoisotopic (exact) mass is 483 g/mol. The van der Waals surface area contributed by atoms with Gasteiger partial charge in [-0.3, -0.25) is 9.98 Å². The van der Waals surface area contributed by atoms with Crippen molar-refractivity contribution in [1.82, 2.24) is 15.0 Å². The van der Waals surface area contributed by atoms with Crippen molar-refractivity contribution in [2.75, 3.05) is 10.7 Å². The van der Waals surface area contributed by atoms with Gasteiger partial charge in [-0.15, -0.1) is 0 Å². The Morgan fingerprint density at radius 3 is 2.54 bits per heavy atom. The van der Waals surface area contributed by atoms with Gasteiger partial charge in [0.25, 0.3) is 0 Å². The molecule has 0 spiro atoms. The van der Waals surface area contributed by atoms with E-state index in [2.05, 4.69) is 42.4 Å². The number of nitrogens with one attached hydrogen (secondary N) is 2. The molecule has 11 heteroatoms. The molecule has 0 aliphatic carbocycles. The zero-order chi connectivity index (χ0) is 25.4. The van der Waals surface area contributed by atoms with Crippen LogP contribution in [0.2, 0.25) is 0 Å². The number of hydrazone groups is 1. The van der Waals surface area contributed by atoms with Crippen LogP contribution < -0.4 is 10.7 Å². The predicted octanol–water partition coefficient (Wildman–Crippen LogP) is 6.12. The Labute approximate surface area is 199 Å². The number of rotatable bonds is 8. The Morgan fingerprint density at radius 2 is 1.89 bits per heavy atom. The smallest absolute Gasteiger partial charge is 0.354 e. The summed E-state index contributed by atoms with van der Waals surface area (Å²) in [5, 5.41) is 6.87. The lowest BCUT2D eigenvalue weighted by Gasteiger charge is -2.10. The van der Waals surface area contributed by atoms with E-state index in [0.29, 0.717) is 17.1 Å². The molecule has 2 aromatic heterocycles. The normalized spacial score (nSPS) is 12.3. The fraction of sp³-hybridized carbons (Fsp3) is 0.125. The average molecular weight is 483 g/mol. The lowest BCUT2D eigenvalue weighted by atomic mass is 10.2. The highest BCUT2D eigenvalue weighted by molar-refractivity contribution is 6.08. The predicted molar refractivity (Wildman–Crippen MR) is 128 cm³/mol. The molecule has 0 atom stereocenters. The Hall–Kier alpha value is -4.41. The molecule has 3 aromatic rings. The molecule has 0 aliphatic rings. The van der Waals surface area contributed by atoms with Crippen molar-refractivity contribution in [2.24, 2.45) is 10.1 Å². The summed E-state index contributed by atoms with van der Waals surface area (Å²) in [5.74, 6) is -0.609. The maximum absolute atomic E-state index is 14.2. The van der Waals surface area contributed by atoms with Gasteiger partial charge in [0.2, 0.25) is 5.95 Å². The number of hydrogen-bond acceptors (Lipinski definition) is 7. The van der Waals surface area contributed by atoms with Crippen LogP contribution in [-0.4, -0.2) is 26.9 Å². The molecular weight excluding hydrogens is 462 g/mol. The summed E-state index contributed by atoms with van der Waals surface area (Å²) < 4.78 is 52.8. The zero-order valence-electron chi connectivity index (χ0n) is 18.8. The second-order valence-corrected chi connectivity index (χ2v) is 7.17. The first-order valence-electron chi connectivity index (χ1n) is 10.2. The van der Waals surface area contributed by atoms with Crippen molar-refractivity contribution in [2.45, 2.75) is 20.0 Å². The van der Waals surface area contributed by atoms with Gasteiger partial charge in [-0.05, 0) is 50.3 Å². The number of allylic oxidation sites excluding steroid dienone is 3. The second kappa shape index (κ2) is 11.1. The lowest BCUT2D eigenvalue weighted by molar-refractivity contribution is -0.137. The number of nitrogens with zero attached hydrogens (tertiary/aromatic N) is 5. The molecule has 2 N–H and O–H groups in total. The third-order valence-corrected chi connectivity index (χ3v) is 4.25. The number of aliphatic imine (C=N–C) groups is 1. The Morgan fingerprint density at radius 1 is 1.09 bits per heavy atom.